The molecule has 18 N–H and O–H groups in total. The molecule has 9 heterocycles. The zero-order valence-corrected chi connectivity index (χ0v) is 78.3. The molecule has 5 saturated heterocycles. The number of nitrogens with one attached hydrogen (secondary N) is 12. The van der Waals surface area contributed by atoms with Gasteiger partial charge in [-0.3, -0.25) is 62.9 Å². The summed E-state index contributed by atoms with van der Waals surface area (Å²) in [6, 6.07) is 11.2. The van der Waals surface area contributed by atoms with Crippen molar-refractivity contribution in [3.8, 4) is 22.6 Å². The molecule has 40 heteroatoms. The quantitative estimate of drug-likeness (QED) is 0.0292. The molecule has 1 aliphatic carbocycles. The van der Waals surface area contributed by atoms with E-state index >= 15 is 19.2 Å². The topological polar surface area (TPSA) is 541 Å². The van der Waals surface area contributed by atoms with Gasteiger partial charge in [0.25, 0.3) is 23.6 Å². The number of ether oxygens (including phenoxy) is 4. The molecule has 0 aromatic heterocycles. The molecule has 6 fully saturated rings. The predicted octanol–water partition coefficient (Wildman–Crippen LogP) is 0.314. The fourth-order valence-electron chi connectivity index (χ4n) is 20.4. The van der Waals surface area contributed by atoms with E-state index in [1.807, 2.05) is 74.4 Å². The van der Waals surface area contributed by atoms with Crippen molar-refractivity contribution in [1.82, 2.24) is 68.3 Å². The Balaban J connectivity index is 0.715. The van der Waals surface area contributed by atoms with E-state index in [1.54, 1.807) is 112 Å². The normalized spacial score (nSPS) is 28.2. The number of aliphatic hydroxyl groups excluding tert-OH is 4. The number of β-amino-alcohol motifs (C(OH)–C–C–N with tert-alkyl or cyclic N) is 2. The number of cyclic esters (lactones) is 1. The molecule has 726 valence electrons. The van der Waals surface area contributed by atoms with Crippen molar-refractivity contribution in [3.63, 3.8) is 0 Å². The van der Waals surface area contributed by atoms with Crippen molar-refractivity contribution in [1.29, 1.82) is 0 Å². The highest BCUT2D eigenvalue weighted by molar-refractivity contribution is 6.04. The van der Waals surface area contributed by atoms with Crippen LogP contribution < -0.4 is 78.6 Å². The first kappa shape index (κ1) is 97.5. The number of carbonyl (C=O) groups is 13. The number of likely N-dealkylation sites (N-methyl/N-ethyl adjacent to an activating group) is 1. The van der Waals surface area contributed by atoms with Crippen molar-refractivity contribution in [2.24, 2.45) is 41.4 Å². The highest BCUT2D eigenvalue weighted by Crippen LogP contribution is 2.61. The lowest BCUT2D eigenvalue weighted by molar-refractivity contribution is -0.174. The Hall–Kier alpha value is -12.0. The van der Waals surface area contributed by atoms with E-state index in [4.69, 9.17) is 18.9 Å². The number of hydrazine groups is 2. The van der Waals surface area contributed by atoms with Gasteiger partial charge in [-0.1, -0.05) is 87.4 Å². The van der Waals surface area contributed by atoms with E-state index in [-0.39, 0.29) is 91.4 Å². The number of hydrogen-bond donors (Lipinski definition) is 18. The van der Waals surface area contributed by atoms with E-state index in [2.05, 4.69) is 64.0 Å². The standard InChI is InChI=1S/C95H123N17O23/c1-42(2)31-65-82(120)105-74-85(123)107-95-93(131,39-67(111(95)86(74)124)84(122)103-72(44(5)6)91(129)134-77(46(9)10)88(126)112-66(83(121)101-65)37-54(115)41-99-112)61-34-49(19-26-63(61)106-95)48-18-25-62-60(33-48)92(130)38-56(80(118)102-71(43(3)4)90(128)133-76(45(7)8)87(125)110-30-28-53(114)40-98-110)70(78(92)100-62)75(116)73(47(11)113)104-81(119)64(96-12)27-29-97-79(117)50-17-22-57-55(32-50)89(127)135-94(57)58-23-20-51(108(13)14)35-68(58)132-69-36-52(109(15)16)21-24-59(69)94/h17-26,32-36,42-47,53-54,56,64-67,70-74,76-78,85,96,98-100,106-107,113-115,123,130-131H,27-31,37-41H2,1-16H3,(H,97,117)(H,101,121)(H,102,118)(H,103,122)(H,104,119)(H,105,120)/t47-,53+,54+,56+,64-,65-,66+,67-,70?,71+,72+,73+,74+,76-,77-,78-,85+,92+,93+,95-/m0/s1. The van der Waals surface area contributed by atoms with Crippen molar-refractivity contribution in [2.75, 3.05) is 81.9 Å². The first-order chi connectivity index (χ1) is 63.7. The van der Waals surface area contributed by atoms with Gasteiger partial charge in [0.15, 0.2) is 29.2 Å². The molecule has 15 rings (SSSR count). The fourth-order valence-corrected chi connectivity index (χ4v) is 20.4. The number of nitrogens with zero attached hydrogens (tertiary/aromatic N) is 5. The molecule has 1 saturated carbocycles. The maximum absolute atomic E-state index is 16.0. The number of Topliss-reactive ketones (excluding diaryl/α,β-unsaturated/α-hetero) is 1. The molecule has 40 nitrogen and oxygen atoms in total. The Bertz CT molecular complexity index is 5510. The van der Waals surface area contributed by atoms with Crippen LogP contribution in [0.2, 0.25) is 0 Å². The van der Waals surface area contributed by atoms with E-state index in [1.165, 1.54) is 31.1 Å². The Kier molecular flexibility index (Phi) is 27.2. The second-order valence-electron chi connectivity index (χ2n) is 39.3. The van der Waals surface area contributed by atoms with Crippen LogP contribution in [0.1, 0.15) is 163 Å². The summed E-state index contributed by atoms with van der Waals surface area (Å²) in [7, 11) is 9.03. The van der Waals surface area contributed by atoms with Gasteiger partial charge in [-0.05, 0) is 141 Å². The molecule has 20 atom stereocenters. The first-order valence-corrected chi connectivity index (χ1v) is 46.1. The van der Waals surface area contributed by atoms with Gasteiger partial charge in [0.2, 0.25) is 35.3 Å². The van der Waals surface area contributed by atoms with Crippen LogP contribution in [-0.4, -0.2) is 281 Å². The van der Waals surface area contributed by atoms with Crippen molar-refractivity contribution in [2.45, 2.75) is 228 Å². The third-order valence-corrected chi connectivity index (χ3v) is 27.8. The molecule has 0 radical (unpaired) electrons. The predicted molar refractivity (Wildman–Crippen MR) is 487 cm³/mol. The number of anilines is 4. The fraction of sp³-hybridized carbons (Fsp3) is 0.547. The SMILES string of the molecule is CN[C@@H](CCNC(=O)c1ccc2c(c1)C(=O)OC21c2ccc(N(C)C)cc2Oc2cc(N(C)C)ccc21)C(=O)N[C@@H](C(=O)C1[C@H](C(=O)N[C@@H](C(=O)O[C@H](C(=O)N2CC[C@@H](O)CN2)C(C)C)C(C)C)C[C@@]2(O)c3cc(-c4ccc5c(c4)[C@]4(O)C[C@H]6C(=O)N[C@H](C(C)C)C(=O)O[C@@H](C(C)C)C(=O)N7NC[C@H](O)C[C@@H]7C(=O)N[C@@H](CC(C)C)C(=O)N[C@H]7C(=O)N6[C@@]4(N5)N[C@@H]7O)ccc3N[C@@H]12)[C@H](C)O. The van der Waals surface area contributed by atoms with Gasteiger partial charge in [-0.25, -0.2) is 30.6 Å². The van der Waals surface area contributed by atoms with Crippen LogP contribution in [0.5, 0.6) is 11.5 Å². The summed E-state index contributed by atoms with van der Waals surface area (Å²) in [5.41, 5.74) is 4.21. The van der Waals surface area contributed by atoms with Gasteiger partial charge in [-0.2, -0.15) is 0 Å². The van der Waals surface area contributed by atoms with Crippen LogP contribution in [0.3, 0.4) is 0 Å². The molecule has 10 aliphatic rings. The van der Waals surface area contributed by atoms with E-state index < -0.39 is 239 Å². The molecule has 5 aromatic carbocycles. The van der Waals surface area contributed by atoms with Gasteiger partial charge < -0.3 is 107 Å². The third kappa shape index (κ3) is 17.6. The van der Waals surface area contributed by atoms with Gasteiger partial charge in [0.05, 0.1) is 47.8 Å². The summed E-state index contributed by atoms with van der Waals surface area (Å²) >= 11 is 0. The Morgan fingerprint density at radius 3 is 1.89 bits per heavy atom. The van der Waals surface area contributed by atoms with Crippen molar-refractivity contribution in [3.05, 3.63) is 130 Å². The first-order valence-electron chi connectivity index (χ1n) is 46.1. The van der Waals surface area contributed by atoms with Crippen LogP contribution in [-0.2, 0) is 83.8 Å². The number of amides is 9. The monoisotopic (exact) mass is 1870 g/mol. The Morgan fingerprint density at radius 2 is 1.29 bits per heavy atom. The molecule has 1 unspecified atom stereocenters. The number of aliphatic hydroxyl groups is 6. The van der Waals surface area contributed by atoms with Crippen LogP contribution in [0.4, 0.5) is 22.7 Å². The summed E-state index contributed by atoms with van der Waals surface area (Å²) in [6.45, 7) is 17.4. The zero-order chi connectivity index (χ0) is 97.7. The summed E-state index contributed by atoms with van der Waals surface area (Å²) in [4.78, 5) is 198. The molecule has 135 heavy (non-hydrogen) atoms. The van der Waals surface area contributed by atoms with Crippen LogP contribution in [0, 0.1) is 41.4 Å². The number of fused-ring (bicyclic) bond motifs is 13. The van der Waals surface area contributed by atoms with Crippen LogP contribution >= 0.6 is 0 Å². The van der Waals surface area contributed by atoms with Crippen LogP contribution in [0.25, 0.3) is 11.1 Å². The number of ketones is 1. The summed E-state index contributed by atoms with van der Waals surface area (Å²) in [6.07, 6.45) is -10.1. The number of benzene rings is 5. The van der Waals surface area contributed by atoms with E-state index in [0.29, 0.717) is 39.3 Å². The maximum atomic E-state index is 16.0. The lowest BCUT2D eigenvalue weighted by Crippen LogP contribution is -2.81. The highest BCUT2D eigenvalue weighted by Gasteiger charge is 2.74. The minimum Gasteiger partial charge on any atom is -0.456 e. The van der Waals surface area contributed by atoms with Crippen molar-refractivity contribution >= 4 is 99.6 Å². The summed E-state index contributed by atoms with van der Waals surface area (Å²) < 4.78 is 25.0. The highest BCUT2D eigenvalue weighted by atomic mass is 16.6. The summed E-state index contributed by atoms with van der Waals surface area (Å²) in [5.74, 6) is -19.5. The lowest BCUT2D eigenvalue weighted by Gasteiger charge is -2.50. The number of esters is 3. The number of rotatable bonds is 24. The number of carbonyl (C=O) groups excluding carboxylic acids is 13. The lowest BCUT2D eigenvalue weighted by atomic mass is 9.77. The largest absolute Gasteiger partial charge is 0.456 e. The van der Waals surface area contributed by atoms with Crippen LogP contribution in [0.15, 0.2) is 91.0 Å². The molecular weight excluding hydrogens is 1750 g/mol. The molecule has 2 bridgehead atoms. The smallest absolute Gasteiger partial charge is 0.340 e. The average molecular weight is 1870 g/mol. The van der Waals surface area contributed by atoms with Gasteiger partial charge in [-0.15, -0.1) is 0 Å². The zero-order valence-electron chi connectivity index (χ0n) is 78.3. The minimum atomic E-state index is -2.44. The van der Waals surface area contributed by atoms with E-state index in [0.717, 1.165) is 21.3 Å². The second kappa shape index (κ2) is 37.6. The number of hydrogen-bond acceptors (Lipinski definition) is 31. The van der Waals surface area contributed by atoms with Gasteiger partial charge >= 0.3 is 17.9 Å². The van der Waals surface area contributed by atoms with Gasteiger partial charge in [0.1, 0.15) is 65.6 Å². The Labute approximate surface area is 780 Å². The third-order valence-electron chi connectivity index (χ3n) is 27.8. The molecular formula is C95H123N17O23. The minimum absolute atomic E-state index is 0.0353. The maximum Gasteiger partial charge on any atom is 0.340 e. The second-order valence-corrected chi connectivity index (χ2v) is 39.3. The molecule has 9 aliphatic heterocycles. The average Bonchev–Trinajstić information content (AvgIpc) is 1.50. The molecule has 2 spiro atoms. The van der Waals surface area contributed by atoms with Crippen molar-refractivity contribution < 1.29 is 112 Å². The summed E-state index contributed by atoms with van der Waals surface area (Å²) in [5, 5.41) is 104. The Morgan fingerprint density at radius 1 is 0.652 bits per heavy atom. The molecule has 5 aromatic rings. The van der Waals surface area contributed by atoms with E-state index in [9.17, 15) is 73.8 Å². The van der Waals surface area contributed by atoms with Gasteiger partial charge in [0, 0.05) is 135 Å². The molecule has 9 amide bonds.